The molecule has 4 heteroatoms. The van der Waals surface area contributed by atoms with E-state index in [0.717, 1.165) is 27.8 Å². The SMILES string of the molecule is Nc1ncnc2c1[C@@H](c1ccccc1)c1c(ccc3ccccc13)O2. The number of ether oxygens (including phenoxy) is 1. The maximum absolute atomic E-state index is 6.24. The minimum atomic E-state index is -0.0627. The van der Waals surface area contributed by atoms with Gasteiger partial charge in [-0.3, -0.25) is 0 Å². The van der Waals surface area contributed by atoms with Crippen LogP contribution >= 0.6 is 0 Å². The van der Waals surface area contributed by atoms with Crippen molar-refractivity contribution >= 4 is 16.6 Å². The van der Waals surface area contributed by atoms with Crippen LogP contribution in [0, 0.1) is 0 Å². The summed E-state index contributed by atoms with van der Waals surface area (Å²) in [6.07, 6.45) is 1.45. The first-order chi connectivity index (χ1) is 12.3. The second-order valence-electron chi connectivity index (χ2n) is 6.12. The van der Waals surface area contributed by atoms with Gasteiger partial charge in [-0.05, 0) is 22.4 Å². The molecular formula is C21H15N3O. The highest BCUT2D eigenvalue weighted by atomic mass is 16.5. The highest BCUT2D eigenvalue weighted by Gasteiger charge is 2.33. The Kier molecular flexibility index (Phi) is 2.97. The minimum Gasteiger partial charge on any atom is -0.438 e. The van der Waals surface area contributed by atoms with Gasteiger partial charge in [0.05, 0.1) is 5.56 Å². The number of nitrogen functional groups attached to an aromatic ring is 1. The van der Waals surface area contributed by atoms with Crippen LogP contribution in [0.15, 0.2) is 73.1 Å². The van der Waals surface area contributed by atoms with Crippen molar-refractivity contribution in [3.8, 4) is 11.6 Å². The fraction of sp³-hybridized carbons (Fsp3) is 0.0476. The van der Waals surface area contributed by atoms with E-state index < -0.39 is 0 Å². The molecule has 3 aromatic carbocycles. The number of benzene rings is 3. The molecule has 1 aromatic heterocycles. The quantitative estimate of drug-likeness (QED) is 0.493. The van der Waals surface area contributed by atoms with Gasteiger partial charge in [0.15, 0.2) is 0 Å². The van der Waals surface area contributed by atoms with Crippen LogP contribution in [0.3, 0.4) is 0 Å². The van der Waals surface area contributed by atoms with E-state index in [1.165, 1.54) is 11.7 Å². The number of nitrogens with zero attached hydrogens (tertiary/aromatic N) is 2. The predicted octanol–water partition coefficient (Wildman–Crippen LogP) is 4.50. The van der Waals surface area contributed by atoms with Gasteiger partial charge in [0.25, 0.3) is 0 Å². The first kappa shape index (κ1) is 14.0. The maximum atomic E-state index is 6.24. The topological polar surface area (TPSA) is 61.0 Å². The zero-order valence-electron chi connectivity index (χ0n) is 13.4. The van der Waals surface area contributed by atoms with E-state index in [9.17, 15) is 0 Å². The molecule has 2 heterocycles. The molecule has 0 spiro atoms. The Morgan fingerprint density at radius 1 is 0.800 bits per heavy atom. The van der Waals surface area contributed by atoms with Gasteiger partial charge in [0.2, 0.25) is 5.88 Å². The molecule has 25 heavy (non-hydrogen) atoms. The van der Waals surface area contributed by atoms with Gasteiger partial charge in [-0.15, -0.1) is 0 Å². The largest absolute Gasteiger partial charge is 0.438 e. The van der Waals surface area contributed by atoms with E-state index in [0.29, 0.717) is 11.7 Å². The van der Waals surface area contributed by atoms with Gasteiger partial charge in [0.1, 0.15) is 17.9 Å². The van der Waals surface area contributed by atoms with Crippen LogP contribution in [-0.4, -0.2) is 9.97 Å². The Morgan fingerprint density at radius 3 is 2.48 bits per heavy atom. The van der Waals surface area contributed by atoms with Crippen LogP contribution in [-0.2, 0) is 0 Å². The molecule has 0 saturated carbocycles. The van der Waals surface area contributed by atoms with Crippen molar-refractivity contribution < 1.29 is 4.74 Å². The molecule has 1 aliphatic heterocycles. The molecule has 2 N–H and O–H groups in total. The number of fused-ring (bicyclic) bond motifs is 4. The van der Waals surface area contributed by atoms with Crippen LogP contribution in [0.4, 0.5) is 5.82 Å². The molecule has 1 atom stereocenters. The third-order valence-electron chi connectivity index (χ3n) is 4.73. The molecule has 4 aromatic rings. The summed E-state index contributed by atoms with van der Waals surface area (Å²) in [6, 6.07) is 22.7. The van der Waals surface area contributed by atoms with E-state index in [2.05, 4.69) is 40.3 Å². The Labute approximate surface area is 144 Å². The fourth-order valence-corrected chi connectivity index (χ4v) is 3.63. The van der Waals surface area contributed by atoms with E-state index in [4.69, 9.17) is 10.5 Å². The van der Waals surface area contributed by atoms with Crippen LogP contribution in [0.1, 0.15) is 22.6 Å². The summed E-state index contributed by atoms with van der Waals surface area (Å²) in [5, 5.41) is 2.33. The number of hydrogen-bond donors (Lipinski definition) is 1. The molecule has 4 nitrogen and oxygen atoms in total. The molecule has 0 amide bonds. The summed E-state index contributed by atoms with van der Waals surface area (Å²) in [4.78, 5) is 8.53. The molecule has 0 radical (unpaired) electrons. The average Bonchev–Trinajstić information content (AvgIpc) is 2.67. The van der Waals surface area contributed by atoms with E-state index >= 15 is 0 Å². The summed E-state index contributed by atoms with van der Waals surface area (Å²) in [5.74, 6) is 1.74. The van der Waals surface area contributed by atoms with Crippen molar-refractivity contribution in [1.29, 1.82) is 0 Å². The third-order valence-corrected chi connectivity index (χ3v) is 4.73. The number of rotatable bonds is 1. The number of anilines is 1. The zero-order chi connectivity index (χ0) is 16.8. The standard InChI is InChI=1S/C21H15N3O/c22-20-19-17(14-7-2-1-3-8-14)18-15-9-5-4-6-13(15)10-11-16(18)25-21(19)24-12-23-20/h1-12,17H,(H2,22,23,24)/t17-/m0/s1. The first-order valence-electron chi connectivity index (χ1n) is 8.18. The Balaban J connectivity index is 1.89. The molecule has 0 saturated heterocycles. The van der Waals surface area contributed by atoms with Crippen molar-refractivity contribution in [3.05, 3.63) is 89.7 Å². The van der Waals surface area contributed by atoms with E-state index in [1.54, 1.807) is 0 Å². The highest BCUT2D eigenvalue weighted by Crippen LogP contribution is 2.50. The van der Waals surface area contributed by atoms with Crippen LogP contribution in [0.5, 0.6) is 11.6 Å². The predicted molar refractivity (Wildman–Crippen MR) is 97.9 cm³/mol. The second-order valence-corrected chi connectivity index (χ2v) is 6.12. The van der Waals surface area contributed by atoms with Gasteiger partial charge >= 0.3 is 0 Å². The normalized spacial score (nSPS) is 15.3. The molecule has 0 bridgehead atoms. The zero-order valence-corrected chi connectivity index (χ0v) is 13.4. The van der Waals surface area contributed by atoms with Gasteiger partial charge in [-0.25, -0.2) is 9.97 Å². The van der Waals surface area contributed by atoms with Crippen molar-refractivity contribution in [3.63, 3.8) is 0 Å². The summed E-state index contributed by atoms with van der Waals surface area (Å²) < 4.78 is 6.09. The van der Waals surface area contributed by atoms with E-state index in [1.807, 2.05) is 36.4 Å². The van der Waals surface area contributed by atoms with Crippen LogP contribution in [0.25, 0.3) is 10.8 Å². The van der Waals surface area contributed by atoms with Gasteiger partial charge < -0.3 is 10.5 Å². The minimum absolute atomic E-state index is 0.0627. The van der Waals surface area contributed by atoms with Gasteiger partial charge in [-0.2, -0.15) is 0 Å². The van der Waals surface area contributed by atoms with Crippen molar-refractivity contribution in [2.75, 3.05) is 5.73 Å². The molecule has 5 rings (SSSR count). The van der Waals surface area contributed by atoms with Crippen LogP contribution in [0.2, 0.25) is 0 Å². The number of hydrogen-bond acceptors (Lipinski definition) is 4. The van der Waals surface area contributed by atoms with Crippen molar-refractivity contribution in [2.24, 2.45) is 0 Å². The lowest BCUT2D eigenvalue weighted by Crippen LogP contribution is -2.16. The van der Waals surface area contributed by atoms with E-state index in [-0.39, 0.29) is 5.92 Å². The molecule has 1 aliphatic rings. The maximum Gasteiger partial charge on any atom is 0.228 e. The van der Waals surface area contributed by atoms with Gasteiger partial charge in [-0.1, -0.05) is 60.7 Å². The lowest BCUT2D eigenvalue weighted by atomic mass is 9.81. The Hall–Kier alpha value is -3.40. The Bertz CT molecular complexity index is 1090. The summed E-state index contributed by atoms with van der Waals surface area (Å²) in [7, 11) is 0. The molecule has 0 unspecified atom stereocenters. The monoisotopic (exact) mass is 325 g/mol. The molecule has 0 fully saturated rings. The lowest BCUT2D eigenvalue weighted by Gasteiger charge is -2.29. The van der Waals surface area contributed by atoms with Crippen molar-refractivity contribution in [2.45, 2.75) is 5.92 Å². The second kappa shape index (κ2) is 5.31. The number of nitrogens with two attached hydrogens (primary N) is 1. The number of aromatic nitrogens is 2. The summed E-state index contributed by atoms with van der Waals surface area (Å²) in [5.41, 5.74) is 9.32. The molecular weight excluding hydrogens is 310 g/mol. The van der Waals surface area contributed by atoms with Crippen molar-refractivity contribution in [1.82, 2.24) is 9.97 Å². The highest BCUT2D eigenvalue weighted by molar-refractivity contribution is 5.90. The molecule has 0 aliphatic carbocycles. The Morgan fingerprint density at radius 2 is 1.60 bits per heavy atom. The third kappa shape index (κ3) is 2.08. The summed E-state index contributed by atoms with van der Waals surface area (Å²) >= 11 is 0. The fourth-order valence-electron chi connectivity index (χ4n) is 3.63. The first-order valence-corrected chi connectivity index (χ1v) is 8.18. The summed E-state index contributed by atoms with van der Waals surface area (Å²) in [6.45, 7) is 0. The average molecular weight is 325 g/mol. The lowest BCUT2D eigenvalue weighted by molar-refractivity contribution is 0.434. The van der Waals surface area contributed by atoms with Gasteiger partial charge in [0, 0.05) is 11.5 Å². The smallest absolute Gasteiger partial charge is 0.228 e. The molecule has 120 valence electrons. The van der Waals surface area contributed by atoms with Crippen LogP contribution < -0.4 is 10.5 Å².